The number of carbonyl (C=O) groups excluding carboxylic acids is 1. The predicted octanol–water partition coefficient (Wildman–Crippen LogP) is -0.528. The highest BCUT2D eigenvalue weighted by atomic mass is 16.5. The van der Waals surface area contributed by atoms with Gasteiger partial charge in [0.05, 0.1) is 6.61 Å². The van der Waals surface area contributed by atoms with Crippen molar-refractivity contribution in [3.8, 4) is 0 Å². The quantitative estimate of drug-likeness (QED) is 0.272. The summed E-state index contributed by atoms with van der Waals surface area (Å²) in [5.74, 6) is 6.58. The summed E-state index contributed by atoms with van der Waals surface area (Å²) in [5.41, 5.74) is 2.45. The maximum absolute atomic E-state index is 11.8. The van der Waals surface area contributed by atoms with Crippen LogP contribution in [0.3, 0.4) is 0 Å². The molecule has 9 nitrogen and oxygen atoms in total. The van der Waals surface area contributed by atoms with Gasteiger partial charge in [-0.2, -0.15) is 0 Å². The number of nitrogens with zero attached hydrogens (tertiary/aromatic N) is 2. The zero-order chi connectivity index (χ0) is 15.7. The minimum atomic E-state index is -0.460. The molecule has 1 amide bonds. The topological polar surface area (TPSA) is 123 Å². The summed E-state index contributed by atoms with van der Waals surface area (Å²) in [6.45, 7) is 2.90. The number of ether oxygens (including phenoxy) is 2. The van der Waals surface area contributed by atoms with Crippen molar-refractivity contribution < 1.29 is 14.3 Å². The number of hydrazine groups is 1. The van der Waals surface area contributed by atoms with Gasteiger partial charge in [0, 0.05) is 26.8 Å². The number of hydrogen-bond donors (Lipinski definition) is 4. The van der Waals surface area contributed by atoms with Crippen LogP contribution in [0.15, 0.2) is 6.07 Å². The van der Waals surface area contributed by atoms with E-state index < -0.39 is 6.04 Å². The Kier molecular flexibility index (Phi) is 7.37. The number of methoxy groups -OCH3 is 2. The number of nitrogens with two attached hydrogens (primary N) is 1. The molecule has 0 aliphatic heterocycles. The molecule has 1 unspecified atom stereocenters. The number of rotatable bonds is 9. The second kappa shape index (κ2) is 9.06. The highest BCUT2D eigenvalue weighted by molar-refractivity contribution is 5.83. The van der Waals surface area contributed by atoms with Crippen molar-refractivity contribution in [2.75, 3.05) is 38.1 Å². The van der Waals surface area contributed by atoms with Crippen LogP contribution in [0, 0.1) is 0 Å². The van der Waals surface area contributed by atoms with Crippen LogP contribution in [0.2, 0.25) is 0 Å². The van der Waals surface area contributed by atoms with E-state index in [1.165, 1.54) is 0 Å². The molecule has 0 spiro atoms. The first kappa shape index (κ1) is 17.1. The third-order valence-electron chi connectivity index (χ3n) is 2.56. The van der Waals surface area contributed by atoms with Crippen molar-refractivity contribution in [1.82, 2.24) is 15.3 Å². The molecule has 0 aromatic carbocycles. The fourth-order valence-corrected chi connectivity index (χ4v) is 1.56. The van der Waals surface area contributed by atoms with Gasteiger partial charge in [-0.15, -0.1) is 0 Å². The van der Waals surface area contributed by atoms with Gasteiger partial charge in [0.25, 0.3) is 0 Å². The molecule has 0 bridgehead atoms. The van der Waals surface area contributed by atoms with E-state index in [1.54, 1.807) is 27.2 Å². The van der Waals surface area contributed by atoms with Crippen molar-refractivity contribution in [2.45, 2.75) is 19.6 Å². The number of anilines is 2. The van der Waals surface area contributed by atoms with Gasteiger partial charge in [0.2, 0.25) is 5.91 Å². The summed E-state index contributed by atoms with van der Waals surface area (Å²) in [7, 11) is 3.12. The highest BCUT2D eigenvalue weighted by Crippen LogP contribution is 2.12. The first-order valence-corrected chi connectivity index (χ1v) is 6.47. The zero-order valence-electron chi connectivity index (χ0n) is 12.5. The molecule has 1 rings (SSSR count). The number of aromatic nitrogens is 2. The average Bonchev–Trinajstić information content (AvgIpc) is 2.47. The third kappa shape index (κ3) is 5.90. The Hall–Kier alpha value is -1.97. The minimum absolute atomic E-state index is 0.152. The van der Waals surface area contributed by atoms with Gasteiger partial charge in [0.15, 0.2) is 5.82 Å². The number of nitrogen functional groups attached to an aromatic ring is 1. The molecule has 5 N–H and O–H groups in total. The zero-order valence-corrected chi connectivity index (χ0v) is 12.5. The lowest BCUT2D eigenvalue weighted by Gasteiger charge is -2.15. The van der Waals surface area contributed by atoms with E-state index in [9.17, 15) is 4.79 Å². The molecule has 0 aliphatic carbocycles. The van der Waals surface area contributed by atoms with Crippen molar-refractivity contribution in [3.63, 3.8) is 0 Å². The first-order valence-electron chi connectivity index (χ1n) is 6.47. The maximum Gasteiger partial charge on any atom is 0.242 e. The Morgan fingerprint density at radius 3 is 2.67 bits per heavy atom. The van der Waals surface area contributed by atoms with Crippen molar-refractivity contribution >= 4 is 17.5 Å². The summed E-state index contributed by atoms with van der Waals surface area (Å²) in [5, 5.41) is 5.72. The average molecular weight is 298 g/mol. The summed E-state index contributed by atoms with van der Waals surface area (Å²) in [6.07, 6.45) is 0. The predicted molar refractivity (Wildman–Crippen MR) is 78.5 cm³/mol. The van der Waals surface area contributed by atoms with E-state index in [4.69, 9.17) is 15.3 Å². The standard InChI is InChI=1S/C12H22N6O3/c1-8(12(19)14-4-5-20-2)15-9-6-10(18-13)17-11(16-9)7-21-3/h6,8H,4-5,7,13H2,1-3H3,(H,14,19)(H2,15,16,17,18). The lowest BCUT2D eigenvalue weighted by molar-refractivity contribution is -0.121. The Labute approximate surface area is 123 Å². The van der Waals surface area contributed by atoms with Gasteiger partial charge in [-0.25, -0.2) is 15.8 Å². The largest absolute Gasteiger partial charge is 0.383 e. The van der Waals surface area contributed by atoms with Crippen molar-refractivity contribution in [2.24, 2.45) is 5.84 Å². The molecule has 0 saturated carbocycles. The van der Waals surface area contributed by atoms with Gasteiger partial charge in [-0.1, -0.05) is 0 Å². The van der Waals surface area contributed by atoms with Crippen LogP contribution in [-0.2, 0) is 20.9 Å². The summed E-state index contributed by atoms with van der Waals surface area (Å²) in [4.78, 5) is 20.2. The molecule has 0 saturated heterocycles. The van der Waals surface area contributed by atoms with Crippen molar-refractivity contribution in [1.29, 1.82) is 0 Å². The molecule has 1 heterocycles. The molecule has 0 fully saturated rings. The number of hydrogen-bond acceptors (Lipinski definition) is 8. The van der Waals surface area contributed by atoms with Crippen LogP contribution in [0.25, 0.3) is 0 Å². The second-order valence-electron chi connectivity index (χ2n) is 4.28. The Morgan fingerprint density at radius 2 is 2.05 bits per heavy atom. The summed E-state index contributed by atoms with van der Waals surface area (Å²) >= 11 is 0. The minimum Gasteiger partial charge on any atom is -0.383 e. The third-order valence-corrected chi connectivity index (χ3v) is 2.56. The smallest absolute Gasteiger partial charge is 0.242 e. The molecular weight excluding hydrogens is 276 g/mol. The van der Waals surface area contributed by atoms with E-state index >= 15 is 0 Å². The van der Waals surface area contributed by atoms with E-state index in [0.29, 0.717) is 30.6 Å². The summed E-state index contributed by atoms with van der Waals surface area (Å²) < 4.78 is 9.86. The molecule has 9 heteroatoms. The fourth-order valence-electron chi connectivity index (χ4n) is 1.56. The molecule has 0 aliphatic rings. The first-order chi connectivity index (χ1) is 10.1. The van der Waals surface area contributed by atoms with Gasteiger partial charge in [0.1, 0.15) is 24.3 Å². The van der Waals surface area contributed by atoms with Gasteiger partial charge >= 0.3 is 0 Å². The van der Waals surface area contributed by atoms with Crippen LogP contribution >= 0.6 is 0 Å². The Balaban J connectivity index is 2.67. The highest BCUT2D eigenvalue weighted by Gasteiger charge is 2.13. The molecule has 118 valence electrons. The van der Waals surface area contributed by atoms with Crippen LogP contribution in [0.1, 0.15) is 12.7 Å². The van der Waals surface area contributed by atoms with E-state index in [0.717, 1.165) is 0 Å². The molecule has 1 aromatic heterocycles. The van der Waals surface area contributed by atoms with Crippen molar-refractivity contribution in [3.05, 3.63) is 11.9 Å². The normalized spacial score (nSPS) is 11.8. The molecule has 1 aromatic rings. The molecular formula is C12H22N6O3. The van der Waals surface area contributed by atoms with Gasteiger partial charge < -0.3 is 25.5 Å². The Bertz CT molecular complexity index is 457. The lowest BCUT2D eigenvalue weighted by Crippen LogP contribution is -2.39. The van der Waals surface area contributed by atoms with E-state index in [2.05, 4.69) is 26.0 Å². The monoisotopic (exact) mass is 298 g/mol. The number of amides is 1. The van der Waals surface area contributed by atoms with Crippen LogP contribution in [-0.4, -0.2) is 49.3 Å². The maximum atomic E-state index is 11.8. The van der Waals surface area contributed by atoms with Gasteiger partial charge in [-0.3, -0.25) is 4.79 Å². The van der Waals surface area contributed by atoms with Gasteiger partial charge in [-0.05, 0) is 6.92 Å². The summed E-state index contributed by atoms with van der Waals surface area (Å²) in [6, 6.07) is 1.15. The van der Waals surface area contributed by atoms with E-state index in [-0.39, 0.29) is 12.5 Å². The van der Waals surface area contributed by atoms with E-state index in [1.807, 2.05) is 0 Å². The number of carbonyl (C=O) groups is 1. The van der Waals surface area contributed by atoms with Crippen LogP contribution < -0.4 is 21.9 Å². The second-order valence-corrected chi connectivity index (χ2v) is 4.28. The number of nitrogens with one attached hydrogen (secondary N) is 3. The lowest BCUT2D eigenvalue weighted by atomic mass is 10.3. The fraction of sp³-hybridized carbons (Fsp3) is 0.583. The molecule has 1 atom stereocenters. The SMILES string of the molecule is COCCNC(=O)C(C)Nc1cc(NN)nc(COC)n1. The van der Waals surface area contributed by atoms with Crippen LogP contribution in [0.4, 0.5) is 11.6 Å². The Morgan fingerprint density at radius 1 is 1.33 bits per heavy atom. The molecule has 0 radical (unpaired) electrons. The van der Waals surface area contributed by atoms with Crippen LogP contribution in [0.5, 0.6) is 0 Å². The molecule has 21 heavy (non-hydrogen) atoms.